The van der Waals surface area contributed by atoms with Crippen molar-refractivity contribution in [2.75, 3.05) is 5.32 Å². The first kappa shape index (κ1) is 11.2. The first-order valence-corrected chi connectivity index (χ1v) is 5.54. The molecule has 1 aromatic carbocycles. The van der Waals surface area contributed by atoms with E-state index in [4.69, 9.17) is 5.26 Å². The number of para-hydroxylation sites is 1. The summed E-state index contributed by atoms with van der Waals surface area (Å²) in [5.74, 6) is 0.755. The van der Waals surface area contributed by atoms with Gasteiger partial charge in [0, 0.05) is 11.9 Å². The van der Waals surface area contributed by atoms with Crippen LogP contribution in [0.15, 0.2) is 42.6 Å². The number of benzene rings is 1. The molecule has 3 heteroatoms. The SMILES string of the molecule is CCc1ccccc1Nc1ccc(C#N)cn1. The minimum atomic E-state index is 0.569. The van der Waals surface area contributed by atoms with E-state index in [1.807, 2.05) is 24.3 Å². The van der Waals surface area contributed by atoms with Gasteiger partial charge in [0.25, 0.3) is 0 Å². The summed E-state index contributed by atoms with van der Waals surface area (Å²) < 4.78 is 0. The zero-order chi connectivity index (χ0) is 12.1. The van der Waals surface area contributed by atoms with Gasteiger partial charge in [-0.15, -0.1) is 0 Å². The summed E-state index contributed by atoms with van der Waals surface area (Å²) in [6, 6.07) is 13.7. The molecule has 0 amide bonds. The lowest BCUT2D eigenvalue weighted by atomic mass is 10.1. The molecule has 0 radical (unpaired) electrons. The van der Waals surface area contributed by atoms with Crippen molar-refractivity contribution < 1.29 is 0 Å². The zero-order valence-corrected chi connectivity index (χ0v) is 9.64. The molecule has 0 unspecified atom stereocenters. The molecule has 0 bridgehead atoms. The van der Waals surface area contributed by atoms with Crippen molar-refractivity contribution in [1.29, 1.82) is 5.26 Å². The van der Waals surface area contributed by atoms with Crippen molar-refractivity contribution in [3.05, 3.63) is 53.7 Å². The summed E-state index contributed by atoms with van der Waals surface area (Å²) >= 11 is 0. The van der Waals surface area contributed by atoms with Crippen LogP contribution in [0.1, 0.15) is 18.1 Å². The lowest BCUT2D eigenvalue weighted by Crippen LogP contribution is -1.97. The van der Waals surface area contributed by atoms with Crippen LogP contribution < -0.4 is 5.32 Å². The zero-order valence-electron chi connectivity index (χ0n) is 9.64. The maximum Gasteiger partial charge on any atom is 0.130 e. The summed E-state index contributed by atoms with van der Waals surface area (Å²) in [6.45, 7) is 2.12. The minimum Gasteiger partial charge on any atom is -0.340 e. The molecule has 0 atom stereocenters. The van der Waals surface area contributed by atoms with Gasteiger partial charge in [-0.25, -0.2) is 4.98 Å². The molecule has 3 nitrogen and oxygen atoms in total. The van der Waals surface area contributed by atoms with Gasteiger partial charge in [-0.1, -0.05) is 25.1 Å². The van der Waals surface area contributed by atoms with Crippen LogP contribution in [-0.4, -0.2) is 4.98 Å². The Labute approximate surface area is 101 Å². The first-order valence-electron chi connectivity index (χ1n) is 5.54. The van der Waals surface area contributed by atoms with E-state index in [-0.39, 0.29) is 0 Å². The fraction of sp³-hybridized carbons (Fsp3) is 0.143. The first-order chi connectivity index (χ1) is 8.33. The van der Waals surface area contributed by atoms with Crippen LogP contribution >= 0.6 is 0 Å². The van der Waals surface area contributed by atoms with Crippen LogP contribution in [0, 0.1) is 11.3 Å². The second kappa shape index (κ2) is 5.13. The number of nitriles is 1. The molecule has 2 aromatic rings. The second-order valence-corrected chi connectivity index (χ2v) is 3.68. The fourth-order valence-electron chi connectivity index (χ4n) is 1.62. The highest BCUT2D eigenvalue weighted by Crippen LogP contribution is 2.19. The second-order valence-electron chi connectivity index (χ2n) is 3.68. The number of aryl methyl sites for hydroxylation is 1. The van der Waals surface area contributed by atoms with Crippen molar-refractivity contribution in [2.45, 2.75) is 13.3 Å². The average Bonchev–Trinajstić information content (AvgIpc) is 2.40. The number of nitrogens with one attached hydrogen (secondary N) is 1. The lowest BCUT2D eigenvalue weighted by Gasteiger charge is -2.09. The summed E-state index contributed by atoms with van der Waals surface area (Å²) in [5, 5.41) is 11.9. The molecule has 17 heavy (non-hydrogen) atoms. The Morgan fingerprint density at radius 1 is 1.24 bits per heavy atom. The molecule has 0 saturated heterocycles. The Balaban J connectivity index is 2.22. The quantitative estimate of drug-likeness (QED) is 0.868. The Hall–Kier alpha value is -2.34. The third-order valence-electron chi connectivity index (χ3n) is 2.55. The molecule has 0 spiro atoms. The van der Waals surface area contributed by atoms with Crippen LogP contribution in [0.4, 0.5) is 11.5 Å². The fourth-order valence-corrected chi connectivity index (χ4v) is 1.62. The number of hydrogen-bond donors (Lipinski definition) is 1. The molecule has 2 rings (SSSR count). The number of hydrogen-bond acceptors (Lipinski definition) is 3. The predicted molar refractivity (Wildman–Crippen MR) is 68.1 cm³/mol. The smallest absolute Gasteiger partial charge is 0.130 e. The van der Waals surface area contributed by atoms with E-state index < -0.39 is 0 Å². The Bertz CT molecular complexity index is 538. The molecular formula is C14H13N3. The number of aromatic nitrogens is 1. The molecule has 0 saturated carbocycles. The van der Waals surface area contributed by atoms with Gasteiger partial charge in [0.2, 0.25) is 0 Å². The molecule has 0 fully saturated rings. The highest BCUT2D eigenvalue weighted by Gasteiger charge is 2.00. The van der Waals surface area contributed by atoms with Crippen LogP contribution in [0.2, 0.25) is 0 Å². The molecule has 1 N–H and O–H groups in total. The summed E-state index contributed by atoms with van der Waals surface area (Å²) in [6.07, 6.45) is 2.54. The van der Waals surface area contributed by atoms with Gasteiger partial charge in [0.15, 0.2) is 0 Å². The minimum absolute atomic E-state index is 0.569. The van der Waals surface area contributed by atoms with E-state index in [2.05, 4.69) is 29.4 Å². The van der Waals surface area contributed by atoms with Gasteiger partial charge in [0.1, 0.15) is 11.9 Å². The Morgan fingerprint density at radius 3 is 2.71 bits per heavy atom. The van der Waals surface area contributed by atoms with Gasteiger partial charge >= 0.3 is 0 Å². The van der Waals surface area contributed by atoms with E-state index in [0.717, 1.165) is 17.9 Å². The van der Waals surface area contributed by atoms with E-state index in [1.54, 1.807) is 12.3 Å². The maximum atomic E-state index is 8.69. The Kier molecular flexibility index (Phi) is 3.37. The van der Waals surface area contributed by atoms with Crippen LogP contribution in [0.5, 0.6) is 0 Å². The molecule has 0 aliphatic carbocycles. The molecule has 0 aliphatic heterocycles. The third kappa shape index (κ3) is 2.61. The van der Waals surface area contributed by atoms with Gasteiger partial charge < -0.3 is 5.32 Å². The maximum absolute atomic E-state index is 8.69. The van der Waals surface area contributed by atoms with Crippen molar-refractivity contribution in [3.8, 4) is 6.07 Å². The van der Waals surface area contributed by atoms with Crippen molar-refractivity contribution in [2.24, 2.45) is 0 Å². The normalized spacial score (nSPS) is 9.65. The number of anilines is 2. The van der Waals surface area contributed by atoms with Gasteiger partial charge in [-0.2, -0.15) is 5.26 Å². The average molecular weight is 223 g/mol. The molecule has 1 aromatic heterocycles. The van der Waals surface area contributed by atoms with Crippen LogP contribution in [-0.2, 0) is 6.42 Å². The monoisotopic (exact) mass is 223 g/mol. The van der Waals surface area contributed by atoms with Gasteiger partial charge in [0.05, 0.1) is 5.56 Å². The highest BCUT2D eigenvalue weighted by atomic mass is 15.0. The number of nitrogens with zero attached hydrogens (tertiary/aromatic N) is 2. The molecular weight excluding hydrogens is 210 g/mol. The van der Waals surface area contributed by atoms with Crippen molar-refractivity contribution in [1.82, 2.24) is 4.98 Å². The van der Waals surface area contributed by atoms with Crippen LogP contribution in [0.25, 0.3) is 0 Å². The van der Waals surface area contributed by atoms with Crippen molar-refractivity contribution in [3.63, 3.8) is 0 Å². The predicted octanol–water partition coefficient (Wildman–Crippen LogP) is 3.26. The summed E-state index contributed by atoms with van der Waals surface area (Å²) in [4.78, 5) is 4.19. The highest BCUT2D eigenvalue weighted by molar-refractivity contribution is 5.60. The molecule has 1 heterocycles. The summed E-state index contributed by atoms with van der Waals surface area (Å²) in [5.41, 5.74) is 2.88. The van der Waals surface area contributed by atoms with E-state index in [9.17, 15) is 0 Å². The number of pyridine rings is 1. The van der Waals surface area contributed by atoms with E-state index >= 15 is 0 Å². The molecule has 84 valence electrons. The number of rotatable bonds is 3. The third-order valence-corrected chi connectivity index (χ3v) is 2.55. The van der Waals surface area contributed by atoms with Crippen molar-refractivity contribution >= 4 is 11.5 Å². The summed E-state index contributed by atoms with van der Waals surface area (Å²) in [7, 11) is 0. The topological polar surface area (TPSA) is 48.7 Å². The van der Waals surface area contributed by atoms with Gasteiger partial charge in [-0.05, 0) is 30.2 Å². The van der Waals surface area contributed by atoms with E-state index in [1.165, 1.54) is 5.56 Å². The van der Waals surface area contributed by atoms with E-state index in [0.29, 0.717) is 5.56 Å². The Morgan fingerprint density at radius 2 is 2.06 bits per heavy atom. The standard InChI is InChI=1S/C14H13N3/c1-2-12-5-3-4-6-13(12)17-14-8-7-11(9-15)10-16-14/h3-8,10H,2H2,1H3,(H,16,17). The van der Waals surface area contributed by atoms with Crippen LogP contribution in [0.3, 0.4) is 0 Å². The molecule has 0 aliphatic rings. The lowest BCUT2D eigenvalue weighted by molar-refractivity contribution is 1.14. The van der Waals surface area contributed by atoms with Gasteiger partial charge in [-0.3, -0.25) is 0 Å². The largest absolute Gasteiger partial charge is 0.340 e.